The average molecular weight is 333 g/mol. The molecule has 1 fully saturated rings. The van der Waals surface area contributed by atoms with Crippen molar-refractivity contribution in [3.05, 3.63) is 33.8 Å². The molecule has 1 amide bonds. The van der Waals surface area contributed by atoms with Crippen LogP contribution in [0.15, 0.2) is 21.8 Å². The van der Waals surface area contributed by atoms with Gasteiger partial charge >= 0.3 is 0 Å². The highest BCUT2D eigenvalue weighted by Crippen LogP contribution is 2.22. The van der Waals surface area contributed by atoms with Crippen LogP contribution in [0, 0.1) is 11.6 Å². The predicted molar refractivity (Wildman–Crippen MR) is 68.4 cm³/mol. The summed E-state index contributed by atoms with van der Waals surface area (Å²) >= 11 is 2.96. The van der Waals surface area contributed by atoms with Gasteiger partial charge in [0.05, 0.1) is 5.71 Å². The van der Waals surface area contributed by atoms with E-state index in [1.165, 1.54) is 4.90 Å². The number of halogens is 3. The lowest BCUT2D eigenvalue weighted by atomic mass is 10.1. The second-order valence-corrected chi connectivity index (χ2v) is 5.12. The second kappa shape index (κ2) is 5.64. The third-order valence-electron chi connectivity index (χ3n) is 2.99. The SMILES string of the molecule is O=C(c1c(F)cc(Br)cc1F)N1CCC(=NO)CC1. The Morgan fingerprint density at radius 2 is 1.79 bits per heavy atom. The van der Waals surface area contributed by atoms with E-state index in [0.717, 1.165) is 12.1 Å². The van der Waals surface area contributed by atoms with Crippen molar-refractivity contribution in [3.8, 4) is 0 Å². The Morgan fingerprint density at radius 3 is 2.26 bits per heavy atom. The van der Waals surface area contributed by atoms with Gasteiger partial charge in [-0.25, -0.2) is 8.78 Å². The van der Waals surface area contributed by atoms with Gasteiger partial charge in [0, 0.05) is 30.4 Å². The van der Waals surface area contributed by atoms with Crippen LogP contribution < -0.4 is 0 Å². The molecule has 0 saturated carbocycles. The largest absolute Gasteiger partial charge is 0.411 e. The molecular weight excluding hydrogens is 322 g/mol. The third kappa shape index (κ3) is 2.91. The number of amides is 1. The Balaban J connectivity index is 2.21. The molecule has 1 saturated heterocycles. The summed E-state index contributed by atoms with van der Waals surface area (Å²) in [6, 6.07) is 2.11. The Bertz CT molecular complexity index is 516. The standard InChI is InChI=1S/C12H11BrF2N2O2/c13-7-5-9(14)11(10(15)6-7)12(18)17-3-1-8(16-19)2-4-17/h5-6,19H,1-4H2. The molecule has 19 heavy (non-hydrogen) atoms. The minimum Gasteiger partial charge on any atom is -0.411 e. The molecule has 0 aromatic heterocycles. The van der Waals surface area contributed by atoms with E-state index in [4.69, 9.17) is 5.21 Å². The Labute approximate surface area is 116 Å². The van der Waals surface area contributed by atoms with Gasteiger partial charge in [0.15, 0.2) is 0 Å². The summed E-state index contributed by atoms with van der Waals surface area (Å²) in [5, 5.41) is 11.7. The maximum absolute atomic E-state index is 13.7. The monoisotopic (exact) mass is 332 g/mol. The highest BCUT2D eigenvalue weighted by Gasteiger charge is 2.26. The van der Waals surface area contributed by atoms with Gasteiger partial charge in [0.25, 0.3) is 5.91 Å². The molecule has 102 valence electrons. The molecule has 2 rings (SSSR count). The average Bonchev–Trinajstić information content (AvgIpc) is 2.37. The summed E-state index contributed by atoms with van der Waals surface area (Å²) in [5.74, 6) is -2.46. The lowest BCUT2D eigenvalue weighted by molar-refractivity contribution is 0.0744. The quantitative estimate of drug-likeness (QED) is 0.635. The molecular formula is C12H11BrF2N2O2. The van der Waals surface area contributed by atoms with Crippen LogP contribution in [-0.2, 0) is 0 Å². The first-order valence-electron chi connectivity index (χ1n) is 5.66. The Kier molecular flexibility index (Phi) is 4.14. The van der Waals surface area contributed by atoms with Gasteiger partial charge < -0.3 is 10.1 Å². The van der Waals surface area contributed by atoms with Gasteiger partial charge in [-0.05, 0) is 12.1 Å². The van der Waals surface area contributed by atoms with Gasteiger partial charge in [-0.3, -0.25) is 4.79 Å². The van der Waals surface area contributed by atoms with E-state index >= 15 is 0 Å². The molecule has 1 aliphatic rings. The molecule has 1 aromatic rings. The zero-order valence-corrected chi connectivity index (χ0v) is 11.5. The molecule has 0 spiro atoms. The number of likely N-dealkylation sites (tertiary alicyclic amines) is 1. The van der Waals surface area contributed by atoms with E-state index in [1.54, 1.807) is 0 Å². The van der Waals surface area contributed by atoms with Crippen molar-refractivity contribution in [2.75, 3.05) is 13.1 Å². The van der Waals surface area contributed by atoms with E-state index < -0.39 is 23.1 Å². The van der Waals surface area contributed by atoms with Crippen molar-refractivity contribution < 1.29 is 18.8 Å². The number of oxime groups is 1. The predicted octanol–water partition coefficient (Wildman–Crippen LogP) is 2.79. The van der Waals surface area contributed by atoms with Crippen LogP contribution in [0.25, 0.3) is 0 Å². The van der Waals surface area contributed by atoms with Crippen LogP contribution in [0.5, 0.6) is 0 Å². The number of carbonyl (C=O) groups excluding carboxylic acids is 1. The maximum atomic E-state index is 13.7. The van der Waals surface area contributed by atoms with Crippen molar-refractivity contribution in [2.45, 2.75) is 12.8 Å². The fourth-order valence-corrected chi connectivity index (χ4v) is 2.37. The van der Waals surface area contributed by atoms with Crippen LogP contribution in [0.3, 0.4) is 0 Å². The molecule has 0 unspecified atom stereocenters. The maximum Gasteiger partial charge on any atom is 0.259 e. The molecule has 0 atom stereocenters. The first-order chi connectivity index (χ1) is 9.02. The van der Waals surface area contributed by atoms with Crippen molar-refractivity contribution in [1.29, 1.82) is 0 Å². The number of hydrogen-bond donors (Lipinski definition) is 1. The summed E-state index contributed by atoms with van der Waals surface area (Å²) in [7, 11) is 0. The van der Waals surface area contributed by atoms with Crippen LogP contribution in [0.1, 0.15) is 23.2 Å². The molecule has 0 bridgehead atoms. The molecule has 1 heterocycles. The van der Waals surface area contributed by atoms with E-state index in [9.17, 15) is 13.6 Å². The molecule has 4 nitrogen and oxygen atoms in total. The fourth-order valence-electron chi connectivity index (χ4n) is 1.97. The topological polar surface area (TPSA) is 52.9 Å². The first-order valence-corrected chi connectivity index (χ1v) is 6.46. The summed E-state index contributed by atoms with van der Waals surface area (Å²) in [5.41, 5.74) is 0.0355. The van der Waals surface area contributed by atoms with Gasteiger partial charge in [-0.15, -0.1) is 0 Å². The van der Waals surface area contributed by atoms with Crippen molar-refractivity contribution in [1.82, 2.24) is 4.90 Å². The van der Waals surface area contributed by atoms with Crippen molar-refractivity contribution in [2.24, 2.45) is 5.16 Å². The number of benzene rings is 1. The number of nitrogens with zero attached hydrogens (tertiary/aromatic N) is 2. The summed E-state index contributed by atoms with van der Waals surface area (Å²) in [4.78, 5) is 13.4. The van der Waals surface area contributed by atoms with Crippen LogP contribution in [0.2, 0.25) is 0 Å². The number of carbonyl (C=O) groups is 1. The first kappa shape index (κ1) is 13.9. The van der Waals surface area contributed by atoms with Crippen molar-refractivity contribution in [3.63, 3.8) is 0 Å². The molecule has 0 aliphatic carbocycles. The van der Waals surface area contributed by atoms with Crippen LogP contribution in [0.4, 0.5) is 8.78 Å². The number of rotatable bonds is 1. The zero-order chi connectivity index (χ0) is 14.0. The molecule has 1 N–H and O–H groups in total. The van der Waals surface area contributed by atoms with Crippen molar-refractivity contribution >= 4 is 27.5 Å². The third-order valence-corrected chi connectivity index (χ3v) is 3.45. The van der Waals surface area contributed by atoms with Crippen LogP contribution in [-0.4, -0.2) is 34.8 Å². The lowest BCUT2D eigenvalue weighted by Gasteiger charge is -2.27. The van der Waals surface area contributed by atoms with Gasteiger partial charge in [0.2, 0.25) is 0 Å². The lowest BCUT2D eigenvalue weighted by Crippen LogP contribution is -2.39. The number of piperidine rings is 1. The normalized spacial score (nSPS) is 15.5. The van der Waals surface area contributed by atoms with E-state index in [-0.39, 0.29) is 17.6 Å². The van der Waals surface area contributed by atoms with Crippen LogP contribution >= 0.6 is 15.9 Å². The Morgan fingerprint density at radius 1 is 1.26 bits per heavy atom. The van der Waals surface area contributed by atoms with E-state index in [0.29, 0.717) is 18.6 Å². The second-order valence-electron chi connectivity index (χ2n) is 4.20. The van der Waals surface area contributed by atoms with E-state index in [1.807, 2.05) is 0 Å². The van der Waals surface area contributed by atoms with Gasteiger partial charge in [-0.1, -0.05) is 21.1 Å². The van der Waals surface area contributed by atoms with Gasteiger partial charge in [-0.2, -0.15) is 0 Å². The highest BCUT2D eigenvalue weighted by molar-refractivity contribution is 9.10. The minimum absolute atomic E-state index is 0.243. The summed E-state index contributed by atoms with van der Waals surface area (Å²) < 4.78 is 27.6. The molecule has 1 aromatic carbocycles. The summed E-state index contributed by atoms with van der Waals surface area (Å²) in [6.45, 7) is 0.570. The fraction of sp³-hybridized carbons (Fsp3) is 0.333. The summed E-state index contributed by atoms with van der Waals surface area (Å²) in [6.07, 6.45) is 0.810. The molecule has 0 radical (unpaired) electrons. The number of hydrogen-bond acceptors (Lipinski definition) is 3. The zero-order valence-electron chi connectivity index (χ0n) is 9.87. The van der Waals surface area contributed by atoms with Gasteiger partial charge in [0.1, 0.15) is 17.2 Å². The minimum atomic E-state index is -0.890. The highest BCUT2D eigenvalue weighted by atomic mass is 79.9. The van der Waals surface area contributed by atoms with E-state index in [2.05, 4.69) is 21.1 Å². The molecule has 7 heteroatoms. The smallest absolute Gasteiger partial charge is 0.259 e. The Hall–Kier alpha value is -1.50. The molecule has 1 aliphatic heterocycles.